The summed E-state index contributed by atoms with van der Waals surface area (Å²) in [6.07, 6.45) is -11.9. The molecule has 1 heterocycles. The van der Waals surface area contributed by atoms with Gasteiger partial charge in [-0.2, -0.15) is 26.3 Å². The molecule has 0 saturated heterocycles. The molecule has 0 bridgehead atoms. The molecule has 0 amide bonds. The Bertz CT molecular complexity index is 1090. The Balaban J connectivity index is 1.76. The minimum absolute atomic E-state index is 0.0865. The van der Waals surface area contributed by atoms with Gasteiger partial charge < -0.3 is 14.6 Å². The minimum Gasteiger partial charge on any atom is -0.454 e. The second-order valence-electron chi connectivity index (χ2n) is 6.90. The molecule has 162 valence electrons. The van der Waals surface area contributed by atoms with Crippen LogP contribution in [0.2, 0.25) is 0 Å². The fraction of sp³-hybridized carbons (Fsp3) is 0.182. The van der Waals surface area contributed by atoms with E-state index >= 15 is 0 Å². The molecule has 1 aliphatic heterocycles. The number of alkyl halides is 6. The van der Waals surface area contributed by atoms with Crippen LogP contribution < -0.4 is 9.47 Å². The summed E-state index contributed by atoms with van der Waals surface area (Å²) >= 11 is 0. The molecule has 1 N–H and O–H groups in total. The number of fused-ring (bicyclic) bond motifs is 1. The van der Waals surface area contributed by atoms with Gasteiger partial charge in [0.2, 0.25) is 6.79 Å². The summed E-state index contributed by atoms with van der Waals surface area (Å²) in [4.78, 5) is 0. The van der Waals surface area contributed by atoms with Crippen LogP contribution >= 0.6 is 0 Å². The van der Waals surface area contributed by atoms with E-state index in [1.807, 2.05) is 0 Å². The molecule has 3 aromatic rings. The van der Waals surface area contributed by atoms with E-state index in [1.54, 1.807) is 42.5 Å². The zero-order valence-electron chi connectivity index (χ0n) is 15.6. The first-order chi connectivity index (χ1) is 14.5. The maximum atomic E-state index is 13.1. The van der Waals surface area contributed by atoms with Gasteiger partial charge in [0.25, 0.3) is 5.60 Å². The highest BCUT2D eigenvalue weighted by molar-refractivity contribution is 5.84. The van der Waals surface area contributed by atoms with Crippen molar-refractivity contribution in [3.05, 3.63) is 72.3 Å². The van der Waals surface area contributed by atoms with E-state index < -0.39 is 23.5 Å². The maximum absolute atomic E-state index is 13.1. The molecule has 3 nitrogen and oxygen atoms in total. The van der Waals surface area contributed by atoms with Crippen molar-refractivity contribution in [1.82, 2.24) is 0 Å². The molecule has 0 aliphatic carbocycles. The average Bonchev–Trinajstić information content (AvgIpc) is 3.19. The van der Waals surface area contributed by atoms with Crippen molar-refractivity contribution in [1.29, 1.82) is 0 Å². The summed E-state index contributed by atoms with van der Waals surface area (Å²) in [5, 5.41) is 9.56. The summed E-state index contributed by atoms with van der Waals surface area (Å²) < 4.78 is 89.3. The summed E-state index contributed by atoms with van der Waals surface area (Å²) in [7, 11) is 0. The first kappa shape index (κ1) is 21.0. The van der Waals surface area contributed by atoms with Crippen LogP contribution in [0.1, 0.15) is 5.56 Å². The zero-order chi connectivity index (χ0) is 22.4. The van der Waals surface area contributed by atoms with Crippen molar-refractivity contribution in [2.75, 3.05) is 6.79 Å². The monoisotopic (exact) mass is 440 g/mol. The topological polar surface area (TPSA) is 38.7 Å². The maximum Gasteiger partial charge on any atom is 0.430 e. The van der Waals surface area contributed by atoms with Crippen molar-refractivity contribution in [3.8, 4) is 33.8 Å². The number of hydrogen-bond acceptors (Lipinski definition) is 3. The Morgan fingerprint density at radius 3 is 1.74 bits per heavy atom. The predicted molar refractivity (Wildman–Crippen MR) is 99.4 cm³/mol. The van der Waals surface area contributed by atoms with Gasteiger partial charge in [-0.1, -0.05) is 54.6 Å². The Morgan fingerprint density at radius 2 is 1.16 bits per heavy atom. The average molecular weight is 440 g/mol. The first-order valence-corrected chi connectivity index (χ1v) is 8.98. The fourth-order valence-electron chi connectivity index (χ4n) is 3.43. The highest BCUT2D eigenvalue weighted by atomic mass is 19.4. The lowest BCUT2D eigenvalue weighted by Crippen LogP contribution is -2.53. The second kappa shape index (κ2) is 7.19. The number of halogens is 6. The van der Waals surface area contributed by atoms with E-state index in [0.29, 0.717) is 40.3 Å². The Morgan fingerprint density at radius 1 is 0.645 bits per heavy atom. The molecule has 0 radical (unpaired) electrons. The van der Waals surface area contributed by atoms with E-state index in [9.17, 15) is 31.4 Å². The third kappa shape index (κ3) is 3.48. The van der Waals surface area contributed by atoms with Gasteiger partial charge in [-0.25, -0.2) is 0 Å². The molecule has 0 unspecified atom stereocenters. The summed E-state index contributed by atoms with van der Waals surface area (Å²) in [6, 6.07) is 15.6. The van der Waals surface area contributed by atoms with E-state index in [2.05, 4.69) is 0 Å². The predicted octanol–water partition coefficient (Wildman–Crippen LogP) is 6.06. The van der Waals surface area contributed by atoms with Crippen molar-refractivity contribution in [2.24, 2.45) is 0 Å². The van der Waals surface area contributed by atoms with Crippen LogP contribution in [0.3, 0.4) is 0 Å². The standard InChI is InChI=1S/C22H14F6O3/c23-21(24,25)20(29,22(26,27)28)15-8-5-13(6-9-15)16-3-1-2-4-17(16)14-7-10-18-19(11-14)31-12-30-18/h1-11,29H,12H2. The van der Waals surface area contributed by atoms with Crippen LogP contribution in [-0.4, -0.2) is 24.3 Å². The van der Waals surface area contributed by atoms with Gasteiger partial charge in [-0.05, 0) is 34.4 Å². The quantitative estimate of drug-likeness (QED) is 0.503. The molecular weight excluding hydrogens is 426 g/mol. The lowest BCUT2D eigenvalue weighted by molar-refractivity contribution is -0.376. The van der Waals surface area contributed by atoms with Gasteiger partial charge >= 0.3 is 12.4 Å². The molecule has 0 spiro atoms. The molecule has 4 rings (SSSR count). The molecule has 9 heteroatoms. The van der Waals surface area contributed by atoms with Gasteiger partial charge in [-0.3, -0.25) is 0 Å². The molecule has 0 aromatic heterocycles. The summed E-state index contributed by atoms with van der Waals surface area (Å²) in [5.74, 6) is 1.10. The number of aliphatic hydroxyl groups is 1. The highest BCUT2D eigenvalue weighted by Gasteiger charge is 2.71. The van der Waals surface area contributed by atoms with Crippen LogP contribution in [-0.2, 0) is 5.60 Å². The second-order valence-corrected chi connectivity index (χ2v) is 6.90. The van der Waals surface area contributed by atoms with Crippen molar-refractivity contribution < 1.29 is 40.9 Å². The van der Waals surface area contributed by atoms with Crippen LogP contribution in [0, 0.1) is 0 Å². The lowest BCUT2D eigenvalue weighted by atomic mass is 9.89. The first-order valence-electron chi connectivity index (χ1n) is 8.98. The van der Waals surface area contributed by atoms with Crippen molar-refractivity contribution >= 4 is 0 Å². The largest absolute Gasteiger partial charge is 0.454 e. The summed E-state index contributed by atoms with van der Waals surface area (Å²) in [5.41, 5.74) is -3.90. The van der Waals surface area contributed by atoms with Crippen LogP contribution in [0.25, 0.3) is 22.3 Å². The Kier molecular flexibility index (Phi) is 4.88. The van der Waals surface area contributed by atoms with Crippen molar-refractivity contribution in [2.45, 2.75) is 18.0 Å². The lowest BCUT2D eigenvalue weighted by Gasteiger charge is -2.32. The molecule has 3 aromatic carbocycles. The van der Waals surface area contributed by atoms with Crippen LogP contribution in [0.5, 0.6) is 11.5 Å². The van der Waals surface area contributed by atoms with E-state index in [0.717, 1.165) is 17.7 Å². The van der Waals surface area contributed by atoms with Crippen LogP contribution in [0.4, 0.5) is 26.3 Å². The molecular formula is C22H14F6O3. The fourth-order valence-corrected chi connectivity index (χ4v) is 3.43. The molecule has 31 heavy (non-hydrogen) atoms. The Labute approximate surface area is 172 Å². The zero-order valence-corrected chi connectivity index (χ0v) is 15.6. The summed E-state index contributed by atoms with van der Waals surface area (Å²) in [6.45, 7) is 0.0865. The minimum atomic E-state index is -5.93. The third-order valence-corrected chi connectivity index (χ3v) is 5.04. The SMILES string of the molecule is OC(c1ccc(-c2ccccc2-c2ccc3c(c2)OCO3)cc1)(C(F)(F)F)C(F)(F)F. The van der Waals surface area contributed by atoms with Gasteiger partial charge in [0.1, 0.15) is 0 Å². The number of ether oxygens (including phenoxy) is 2. The van der Waals surface area contributed by atoms with E-state index in [-0.39, 0.29) is 6.79 Å². The van der Waals surface area contributed by atoms with Gasteiger partial charge in [0.05, 0.1) is 0 Å². The normalized spacial score (nSPS) is 14.0. The van der Waals surface area contributed by atoms with Crippen LogP contribution in [0.15, 0.2) is 66.7 Å². The Hall–Kier alpha value is -3.20. The molecule has 0 atom stereocenters. The third-order valence-electron chi connectivity index (χ3n) is 5.04. The van der Waals surface area contributed by atoms with E-state index in [4.69, 9.17) is 9.47 Å². The van der Waals surface area contributed by atoms with Crippen molar-refractivity contribution in [3.63, 3.8) is 0 Å². The van der Waals surface area contributed by atoms with E-state index in [1.165, 1.54) is 0 Å². The molecule has 0 saturated carbocycles. The van der Waals surface area contributed by atoms with Gasteiger partial charge in [0, 0.05) is 5.56 Å². The van der Waals surface area contributed by atoms with Gasteiger partial charge in [0.15, 0.2) is 11.5 Å². The number of rotatable bonds is 3. The number of hydrogen-bond donors (Lipinski definition) is 1. The molecule has 1 aliphatic rings. The number of benzene rings is 3. The highest BCUT2D eigenvalue weighted by Crippen LogP contribution is 2.50. The molecule has 0 fully saturated rings. The van der Waals surface area contributed by atoms with Gasteiger partial charge in [-0.15, -0.1) is 0 Å². The smallest absolute Gasteiger partial charge is 0.430 e.